The van der Waals surface area contributed by atoms with Gasteiger partial charge < -0.3 is 19.9 Å². The number of amides is 2. The Kier molecular flexibility index (Phi) is 4.54. The van der Waals surface area contributed by atoms with Gasteiger partial charge in [0.15, 0.2) is 0 Å². The number of anilines is 1. The number of aromatic nitrogens is 1. The predicted molar refractivity (Wildman–Crippen MR) is 97.3 cm³/mol. The first-order valence-corrected chi connectivity index (χ1v) is 8.79. The molecule has 1 atom stereocenters. The summed E-state index contributed by atoms with van der Waals surface area (Å²) in [5.41, 5.74) is 1.10. The third-order valence-corrected chi connectivity index (χ3v) is 4.82. The van der Waals surface area contributed by atoms with Crippen molar-refractivity contribution in [3.8, 4) is 0 Å². The summed E-state index contributed by atoms with van der Waals surface area (Å²) in [5, 5.41) is 14.4. The second-order valence-electron chi connectivity index (χ2n) is 7.22. The van der Waals surface area contributed by atoms with E-state index in [9.17, 15) is 9.90 Å². The highest BCUT2D eigenvalue weighted by molar-refractivity contribution is 5.93. The number of hydrogen-bond donors (Lipinski definition) is 2. The fourth-order valence-electron chi connectivity index (χ4n) is 3.65. The van der Waals surface area contributed by atoms with Gasteiger partial charge >= 0.3 is 6.03 Å². The van der Waals surface area contributed by atoms with Crippen LogP contribution in [0.25, 0.3) is 10.9 Å². The van der Waals surface area contributed by atoms with Gasteiger partial charge in [0.1, 0.15) is 0 Å². The second kappa shape index (κ2) is 6.48. The van der Waals surface area contributed by atoms with Crippen LogP contribution in [0.1, 0.15) is 40.0 Å². The zero-order chi connectivity index (χ0) is 17.3. The van der Waals surface area contributed by atoms with Gasteiger partial charge in [-0.3, -0.25) is 0 Å². The molecule has 0 bridgehead atoms. The lowest BCUT2D eigenvalue weighted by atomic mass is 9.97. The van der Waals surface area contributed by atoms with E-state index >= 15 is 0 Å². The zero-order valence-electron chi connectivity index (χ0n) is 14.7. The monoisotopic (exact) mass is 329 g/mol. The number of carbonyl (C=O) groups is 1. The molecule has 24 heavy (non-hydrogen) atoms. The minimum atomic E-state index is -0.880. The molecule has 2 aromatic rings. The highest BCUT2D eigenvalue weighted by Gasteiger charge is 2.38. The van der Waals surface area contributed by atoms with Crippen molar-refractivity contribution < 1.29 is 9.90 Å². The van der Waals surface area contributed by atoms with Crippen LogP contribution in [0, 0.1) is 0 Å². The fourth-order valence-corrected chi connectivity index (χ4v) is 3.65. The molecular formula is C19H27N3O2. The Balaban J connectivity index is 1.76. The van der Waals surface area contributed by atoms with Gasteiger partial charge in [-0.15, -0.1) is 0 Å². The van der Waals surface area contributed by atoms with Gasteiger partial charge in [0, 0.05) is 35.9 Å². The molecule has 5 nitrogen and oxygen atoms in total. The highest BCUT2D eigenvalue weighted by atomic mass is 16.3. The third-order valence-electron chi connectivity index (χ3n) is 4.82. The first-order valence-electron chi connectivity index (χ1n) is 8.79. The van der Waals surface area contributed by atoms with E-state index < -0.39 is 5.60 Å². The van der Waals surface area contributed by atoms with Crippen LogP contribution in [-0.4, -0.2) is 38.8 Å². The molecule has 5 heteroatoms. The lowest BCUT2D eigenvalue weighted by molar-refractivity contribution is 0.0117. The van der Waals surface area contributed by atoms with Crippen LogP contribution in [0.5, 0.6) is 0 Å². The predicted octanol–water partition coefficient (Wildman–Crippen LogP) is 3.82. The SMILES string of the molecule is CCCn1ccc2cc(NC(=O)N3CCCC3C(C)(C)O)ccc21. The normalized spacial score (nSPS) is 18.3. The van der Waals surface area contributed by atoms with Gasteiger partial charge in [-0.1, -0.05) is 6.92 Å². The quantitative estimate of drug-likeness (QED) is 0.896. The number of benzene rings is 1. The van der Waals surface area contributed by atoms with E-state index in [4.69, 9.17) is 0 Å². The van der Waals surface area contributed by atoms with Crippen LogP contribution < -0.4 is 5.32 Å². The van der Waals surface area contributed by atoms with Crippen LogP contribution in [0.3, 0.4) is 0 Å². The van der Waals surface area contributed by atoms with E-state index in [-0.39, 0.29) is 12.1 Å². The molecule has 0 aliphatic carbocycles. The first kappa shape index (κ1) is 16.8. The summed E-state index contributed by atoms with van der Waals surface area (Å²) in [7, 11) is 0. The number of nitrogens with zero attached hydrogens (tertiary/aromatic N) is 2. The fraction of sp³-hybridized carbons (Fsp3) is 0.526. The Labute approximate surface area is 143 Å². The van der Waals surface area contributed by atoms with E-state index in [1.807, 2.05) is 12.1 Å². The van der Waals surface area contributed by atoms with Crippen LogP contribution >= 0.6 is 0 Å². The molecule has 0 spiro atoms. The zero-order valence-corrected chi connectivity index (χ0v) is 14.7. The Morgan fingerprint density at radius 1 is 1.38 bits per heavy atom. The van der Waals surface area contributed by atoms with Gasteiger partial charge in [0.2, 0.25) is 0 Å². The average Bonchev–Trinajstić information content (AvgIpc) is 3.14. The number of likely N-dealkylation sites (tertiary alicyclic amines) is 1. The van der Waals surface area contributed by atoms with Crippen LogP contribution in [0.15, 0.2) is 30.5 Å². The number of nitrogens with one attached hydrogen (secondary N) is 1. The van der Waals surface area contributed by atoms with Gasteiger partial charge in [-0.05, 0) is 57.4 Å². The molecular weight excluding hydrogens is 302 g/mol. The molecule has 2 N–H and O–H groups in total. The van der Waals surface area contributed by atoms with E-state index in [1.165, 1.54) is 5.52 Å². The van der Waals surface area contributed by atoms with Crippen molar-refractivity contribution >= 4 is 22.6 Å². The average molecular weight is 329 g/mol. The summed E-state index contributed by atoms with van der Waals surface area (Å²) in [4.78, 5) is 14.4. The maximum Gasteiger partial charge on any atom is 0.322 e. The summed E-state index contributed by atoms with van der Waals surface area (Å²) < 4.78 is 2.23. The number of rotatable bonds is 4. The molecule has 0 radical (unpaired) electrons. The number of aliphatic hydroxyl groups is 1. The van der Waals surface area contributed by atoms with Crippen molar-refractivity contribution in [1.29, 1.82) is 0 Å². The Bertz CT molecular complexity index is 730. The number of fused-ring (bicyclic) bond motifs is 1. The third kappa shape index (κ3) is 3.26. The first-order chi connectivity index (χ1) is 11.4. The molecule has 1 aliphatic heterocycles. The molecule has 130 valence electrons. The Hall–Kier alpha value is -2.01. The van der Waals surface area contributed by atoms with Crippen molar-refractivity contribution in [2.45, 2.75) is 58.2 Å². The Morgan fingerprint density at radius 2 is 2.17 bits per heavy atom. The van der Waals surface area contributed by atoms with Crippen LogP contribution in [0.4, 0.5) is 10.5 Å². The van der Waals surface area contributed by atoms with E-state index in [0.717, 1.165) is 36.9 Å². The van der Waals surface area contributed by atoms with E-state index in [2.05, 4.69) is 35.1 Å². The number of aryl methyl sites for hydroxylation is 1. The molecule has 1 unspecified atom stereocenters. The molecule has 2 amide bonds. The smallest absolute Gasteiger partial charge is 0.322 e. The second-order valence-corrected chi connectivity index (χ2v) is 7.22. The summed E-state index contributed by atoms with van der Waals surface area (Å²) in [6.07, 6.45) is 4.96. The van der Waals surface area contributed by atoms with Crippen molar-refractivity contribution in [2.24, 2.45) is 0 Å². The number of hydrogen-bond acceptors (Lipinski definition) is 2. The number of carbonyl (C=O) groups excluding carboxylic acids is 1. The summed E-state index contributed by atoms with van der Waals surface area (Å²) in [6, 6.07) is 7.82. The van der Waals surface area contributed by atoms with Crippen molar-refractivity contribution in [2.75, 3.05) is 11.9 Å². The molecule has 1 saturated heterocycles. The molecule has 2 heterocycles. The highest BCUT2D eigenvalue weighted by Crippen LogP contribution is 2.28. The summed E-state index contributed by atoms with van der Waals surface area (Å²) >= 11 is 0. The minimum absolute atomic E-state index is 0.132. The largest absolute Gasteiger partial charge is 0.388 e. The summed E-state index contributed by atoms with van der Waals surface area (Å²) in [5.74, 6) is 0. The molecule has 3 rings (SSSR count). The molecule has 1 aromatic heterocycles. The van der Waals surface area contributed by atoms with E-state index in [1.54, 1.807) is 18.7 Å². The van der Waals surface area contributed by atoms with Gasteiger partial charge in [0.25, 0.3) is 0 Å². The number of urea groups is 1. The summed E-state index contributed by atoms with van der Waals surface area (Å²) in [6.45, 7) is 7.39. The molecule has 1 aromatic carbocycles. The maximum atomic E-state index is 12.6. The molecule has 0 saturated carbocycles. The van der Waals surface area contributed by atoms with Gasteiger partial charge in [-0.25, -0.2) is 4.79 Å². The molecule has 1 fully saturated rings. The van der Waals surface area contributed by atoms with Crippen molar-refractivity contribution in [1.82, 2.24) is 9.47 Å². The topological polar surface area (TPSA) is 57.5 Å². The van der Waals surface area contributed by atoms with Crippen LogP contribution in [-0.2, 0) is 6.54 Å². The lowest BCUT2D eigenvalue weighted by Gasteiger charge is -2.33. The van der Waals surface area contributed by atoms with Gasteiger partial charge in [0.05, 0.1) is 11.6 Å². The molecule has 1 aliphatic rings. The lowest BCUT2D eigenvalue weighted by Crippen LogP contribution is -2.49. The standard InChI is InChI=1S/C19H27N3O2/c1-4-10-21-12-9-14-13-15(7-8-16(14)21)20-18(23)22-11-5-6-17(22)19(2,3)24/h7-9,12-13,17,24H,4-6,10-11H2,1-3H3,(H,20,23). The van der Waals surface area contributed by atoms with Gasteiger partial charge in [-0.2, -0.15) is 0 Å². The Morgan fingerprint density at radius 3 is 2.88 bits per heavy atom. The van der Waals surface area contributed by atoms with Crippen LogP contribution in [0.2, 0.25) is 0 Å². The van der Waals surface area contributed by atoms with Crippen molar-refractivity contribution in [3.63, 3.8) is 0 Å². The maximum absolute atomic E-state index is 12.6. The van der Waals surface area contributed by atoms with E-state index in [0.29, 0.717) is 6.54 Å². The van der Waals surface area contributed by atoms with Crippen molar-refractivity contribution in [3.05, 3.63) is 30.5 Å². The minimum Gasteiger partial charge on any atom is -0.388 e.